The smallest absolute Gasteiger partial charge is 0.248 e. The number of hydrogen-bond acceptors (Lipinski definition) is 6. The van der Waals surface area contributed by atoms with Gasteiger partial charge in [-0.2, -0.15) is 0 Å². The lowest BCUT2D eigenvalue weighted by Gasteiger charge is -2.27. The second-order valence-corrected chi connectivity index (χ2v) is 5.95. The third-order valence-corrected chi connectivity index (χ3v) is 4.45. The van der Waals surface area contributed by atoms with E-state index in [2.05, 4.69) is 9.88 Å². The molecule has 0 N–H and O–H groups in total. The van der Waals surface area contributed by atoms with Crippen molar-refractivity contribution < 1.29 is 14.3 Å². The summed E-state index contributed by atoms with van der Waals surface area (Å²) in [7, 11) is 1.55. The molecule has 1 aromatic heterocycles. The first-order valence-electron chi connectivity index (χ1n) is 8.15. The lowest BCUT2D eigenvalue weighted by Crippen LogP contribution is -2.37. The van der Waals surface area contributed by atoms with Crippen molar-refractivity contribution in [3.63, 3.8) is 0 Å². The molecule has 2 aliphatic heterocycles. The number of aryl methyl sites for hydroxylation is 1. The zero-order valence-electron chi connectivity index (χ0n) is 13.9. The zero-order chi connectivity index (χ0) is 16.2. The summed E-state index contributed by atoms with van der Waals surface area (Å²) in [5.74, 6) is 0.834. The van der Waals surface area contributed by atoms with E-state index in [0.717, 1.165) is 56.5 Å². The molecule has 1 fully saturated rings. The van der Waals surface area contributed by atoms with Gasteiger partial charge in [0.2, 0.25) is 11.9 Å². The van der Waals surface area contributed by atoms with Gasteiger partial charge in [-0.3, -0.25) is 4.79 Å². The number of morpholine rings is 1. The zero-order valence-corrected chi connectivity index (χ0v) is 13.9. The second-order valence-electron chi connectivity index (χ2n) is 5.95. The van der Waals surface area contributed by atoms with E-state index in [9.17, 15) is 4.79 Å². The van der Waals surface area contributed by atoms with Gasteiger partial charge in [-0.25, -0.2) is 9.97 Å². The van der Waals surface area contributed by atoms with Gasteiger partial charge in [-0.05, 0) is 18.9 Å². The predicted octanol–water partition coefficient (Wildman–Crippen LogP) is 0.195. The Labute approximate surface area is 136 Å². The molecular weight excluding hydrogens is 296 g/mol. The monoisotopic (exact) mass is 320 g/mol. The average Bonchev–Trinajstić information content (AvgIpc) is 2.79. The van der Waals surface area contributed by atoms with Gasteiger partial charge in [-0.1, -0.05) is 0 Å². The van der Waals surface area contributed by atoms with Crippen molar-refractivity contribution in [1.29, 1.82) is 0 Å². The van der Waals surface area contributed by atoms with Crippen molar-refractivity contribution in [3.05, 3.63) is 17.0 Å². The minimum absolute atomic E-state index is 0.0410. The number of rotatable bonds is 3. The summed E-state index contributed by atoms with van der Waals surface area (Å²) in [6.45, 7) is 6.67. The lowest BCUT2D eigenvalue weighted by atomic mass is 10.1. The fourth-order valence-electron chi connectivity index (χ4n) is 3.14. The lowest BCUT2D eigenvalue weighted by molar-refractivity contribution is -0.135. The Kier molecular flexibility index (Phi) is 5.07. The Hall–Kier alpha value is -1.73. The van der Waals surface area contributed by atoms with Crippen LogP contribution in [0.25, 0.3) is 0 Å². The van der Waals surface area contributed by atoms with Crippen LogP contribution in [0.4, 0.5) is 5.95 Å². The maximum atomic E-state index is 12.0. The Morgan fingerprint density at radius 3 is 2.65 bits per heavy atom. The van der Waals surface area contributed by atoms with Crippen molar-refractivity contribution in [2.75, 3.05) is 58.0 Å². The van der Waals surface area contributed by atoms with Crippen LogP contribution in [0.1, 0.15) is 17.0 Å². The molecule has 3 rings (SSSR count). The first kappa shape index (κ1) is 16.1. The summed E-state index contributed by atoms with van der Waals surface area (Å²) in [5.41, 5.74) is 3.29. The number of carbonyl (C=O) groups is 1. The number of amides is 1. The highest BCUT2D eigenvalue weighted by Crippen LogP contribution is 2.21. The van der Waals surface area contributed by atoms with Crippen LogP contribution in [0.5, 0.6) is 0 Å². The second kappa shape index (κ2) is 7.23. The van der Waals surface area contributed by atoms with Gasteiger partial charge in [0.05, 0.1) is 18.9 Å². The number of hydrogen-bond donors (Lipinski definition) is 0. The molecule has 0 aliphatic carbocycles. The van der Waals surface area contributed by atoms with E-state index in [1.807, 2.05) is 11.8 Å². The normalized spacial score (nSPS) is 18.5. The topological polar surface area (TPSA) is 67.8 Å². The van der Waals surface area contributed by atoms with E-state index < -0.39 is 0 Å². The Morgan fingerprint density at radius 2 is 1.91 bits per heavy atom. The molecule has 1 saturated heterocycles. The van der Waals surface area contributed by atoms with Crippen LogP contribution in [0.2, 0.25) is 0 Å². The molecule has 7 heteroatoms. The van der Waals surface area contributed by atoms with E-state index in [4.69, 9.17) is 14.5 Å². The quantitative estimate of drug-likeness (QED) is 0.792. The van der Waals surface area contributed by atoms with Gasteiger partial charge in [-0.15, -0.1) is 0 Å². The molecule has 0 spiro atoms. The predicted molar refractivity (Wildman–Crippen MR) is 85.7 cm³/mol. The van der Waals surface area contributed by atoms with Crippen LogP contribution in [0, 0.1) is 6.92 Å². The third kappa shape index (κ3) is 3.61. The number of ether oxygens (including phenoxy) is 2. The van der Waals surface area contributed by atoms with Gasteiger partial charge in [0, 0.05) is 45.4 Å². The van der Waals surface area contributed by atoms with E-state index in [-0.39, 0.29) is 12.5 Å². The van der Waals surface area contributed by atoms with Crippen LogP contribution in [-0.2, 0) is 27.1 Å². The summed E-state index contributed by atoms with van der Waals surface area (Å²) in [6, 6.07) is 0. The maximum Gasteiger partial charge on any atom is 0.248 e. The number of carbonyl (C=O) groups excluding carboxylic acids is 1. The molecule has 126 valence electrons. The van der Waals surface area contributed by atoms with E-state index in [0.29, 0.717) is 13.1 Å². The molecule has 0 radical (unpaired) electrons. The minimum Gasteiger partial charge on any atom is -0.378 e. The van der Waals surface area contributed by atoms with Crippen molar-refractivity contribution in [1.82, 2.24) is 14.9 Å². The molecular formula is C16H24N4O3. The summed E-state index contributed by atoms with van der Waals surface area (Å²) in [4.78, 5) is 25.6. The van der Waals surface area contributed by atoms with Gasteiger partial charge >= 0.3 is 0 Å². The highest BCUT2D eigenvalue weighted by atomic mass is 16.5. The molecule has 1 aromatic rings. The SMILES string of the molecule is COCC(=O)N1CCc2nc(N3CCOCC3)nc(C)c2CC1. The Morgan fingerprint density at radius 1 is 1.17 bits per heavy atom. The van der Waals surface area contributed by atoms with Crippen molar-refractivity contribution in [3.8, 4) is 0 Å². The first-order chi connectivity index (χ1) is 11.2. The van der Waals surface area contributed by atoms with E-state index in [1.165, 1.54) is 5.56 Å². The summed E-state index contributed by atoms with van der Waals surface area (Å²) < 4.78 is 10.4. The molecule has 0 unspecified atom stereocenters. The molecule has 0 atom stereocenters. The Bertz CT molecular complexity index is 573. The van der Waals surface area contributed by atoms with Crippen LogP contribution < -0.4 is 4.90 Å². The van der Waals surface area contributed by atoms with Crippen molar-refractivity contribution >= 4 is 11.9 Å². The fraction of sp³-hybridized carbons (Fsp3) is 0.688. The Balaban J connectivity index is 1.78. The van der Waals surface area contributed by atoms with Gasteiger partial charge < -0.3 is 19.3 Å². The fourth-order valence-corrected chi connectivity index (χ4v) is 3.14. The minimum atomic E-state index is 0.0410. The first-order valence-corrected chi connectivity index (χ1v) is 8.15. The number of nitrogens with zero attached hydrogens (tertiary/aromatic N) is 4. The number of aromatic nitrogens is 2. The van der Waals surface area contributed by atoms with Gasteiger partial charge in [0.25, 0.3) is 0 Å². The summed E-state index contributed by atoms with van der Waals surface area (Å²) in [5, 5.41) is 0. The highest BCUT2D eigenvalue weighted by molar-refractivity contribution is 5.77. The summed E-state index contributed by atoms with van der Waals surface area (Å²) >= 11 is 0. The van der Waals surface area contributed by atoms with E-state index in [1.54, 1.807) is 7.11 Å². The third-order valence-electron chi connectivity index (χ3n) is 4.45. The van der Waals surface area contributed by atoms with Crippen molar-refractivity contribution in [2.24, 2.45) is 0 Å². The highest BCUT2D eigenvalue weighted by Gasteiger charge is 2.23. The van der Waals surface area contributed by atoms with Crippen LogP contribution in [0.15, 0.2) is 0 Å². The standard InChI is InChI=1S/C16H24N4O3/c1-12-13-3-5-19(15(21)11-22-2)6-4-14(13)18-16(17-12)20-7-9-23-10-8-20/h3-11H2,1-2H3. The summed E-state index contributed by atoms with van der Waals surface area (Å²) in [6.07, 6.45) is 1.57. The van der Waals surface area contributed by atoms with Crippen LogP contribution in [0.3, 0.4) is 0 Å². The van der Waals surface area contributed by atoms with Crippen LogP contribution >= 0.6 is 0 Å². The number of fused-ring (bicyclic) bond motifs is 1. The molecule has 0 bridgehead atoms. The molecule has 23 heavy (non-hydrogen) atoms. The molecule has 0 saturated carbocycles. The molecule has 1 amide bonds. The van der Waals surface area contributed by atoms with Crippen LogP contribution in [-0.4, -0.2) is 73.9 Å². The number of anilines is 1. The van der Waals surface area contributed by atoms with Gasteiger partial charge in [0.1, 0.15) is 6.61 Å². The average molecular weight is 320 g/mol. The molecule has 0 aromatic carbocycles. The molecule has 7 nitrogen and oxygen atoms in total. The van der Waals surface area contributed by atoms with Gasteiger partial charge in [0.15, 0.2) is 0 Å². The number of methoxy groups -OCH3 is 1. The maximum absolute atomic E-state index is 12.0. The van der Waals surface area contributed by atoms with Crippen molar-refractivity contribution in [2.45, 2.75) is 19.8 Å². The van der Waals surface area contributed by atoms with E-state index >= 15 is 0 Å². The largest absolute Gasteiger partial charge is 0.378 e. The molecule has 3 heterocycles. The molecule has 2 aliphatic rings.